The second kappa shape index (κ2) is 5.42. The number of carbonyl (C=O) groups excluding carboxylic acids is 1. The van der Waals surface area contributed by atoms with E-state index < -0.39 is 0 Å². The molecule has 0 spiro atoms. The Kier molecular flexibility index (Phi) is 4.74. The summed E-state index contributed by atoms with van der Waals surface area (Å²) in [4.78, 5) is 10.3. The maximum atomic E-state index is 10.3. The van der Waals surface area contributed by atoms with Crippen molar-refractivity contribution in [3.05, 3.63) is 48.6 Å². The van der Waals surface area contributed by atoms with Crippen molar-refractivity contribution in [2.45, 2.75) is 6.92 Å². The van der Waals surface area contributed by atoms with Crippen LogP contribution in [0.4, 0.5) is 0 Å². The van der Waals surface area contributed by atoms with Gasteiger partial charge >= 0.3 is 0 Å². The summed E-state index contributed by atoms with van der Waals surface area (Å²) >= 11 is 0. The van der Waals surface area contributed by atoms with Crippen LogP contribution in [0.1, 0.15) is 6.92 Å². The highest BCUT2D eigenvalue weighted by Gasteiger charge is 1.92. The number of hydrogen-bond acceptors (Lipinski definition) is 1. The molecule has 0 saturated carbocycles. The van der Waals surface area contributed by atoms with E-state index in [0.29, 0.717) is 5.57 Å². The van der Waals surface area contributed by atoms with E-state index in [1.165, 1.54) is 0 Å². The van der Waals surface area contributed by atoms with Crippen LogP contribution in [0.25, 0.3) is 0 Å². The Morgan fingerprint density at radius 2 is 2.09 bits per heavy atom. The Balaban J connectivity index is 4.51. The minimum absolute atomic E-state index is 0.457. The summed E-state index contributed by atoms with van der Waals surface area (Å²) in [7, 11) is 0. The number of allylic oxidation sites excluding steroid dienone is 6. The van der Waals surface area contributed by atoms with Crippen molar-refractivity contribution in [2.75, 3.05) is 0 Å². The highest BCUT2D eigenvalue weighted by Crippen LogP contribution is 2.05. The van der Waals surface area contributed by atoms with Gasteiger partial charge in [0.15, 0.2) is 0 Å². The fourth-order valence-corrected chi connectivity index (χ4v) is 0.574. The number of carbonyl (C=O) groups is 1. The Morgan fingerprint density at radius 3 is 2.45 bits per heavy atom. The lowest BCUT2D eigenvalue weighted by Crippen LogP contribution is -1.83. The van der Waals surface area contributed by atoms with Crippen molar-refractivity contribution >= 4 is 6.29 Å². The molecule has 0 aromatic rings. The third-order valence-corrected chi connectivity index (χ3v) is 1.20. The molecule has 0 rings (SSSR count). The largest absolute Gasteiger partial charge is 0.298 e. The van der Waals surface area contributed by atoms with Crippen LogP contribution in [-0.2, 0) is 4.79 Å². The van der Waals surface area contributed by atoms with Crippen LogP contribution < -0.4 is 0 Å². The van der Waals surface area contributed by atoms with Crippen LogP contribution in [0.3, 0.4) is 0 Å². The van der Waals surface area contributed by atoms with Crippen LogP contribution in [0.15, 0.2) is 48.6 Å². The average Bonchev–Trinajstić information content (AvgIpc) is 2.05. The molecule has 0 unspecified atom stereocenters. The van der Waals surface area contributed by atoms with Crippen LogP contribution in [0, 0.1) is 0 Å². The molecule has 1 heteroatoms. The molecular formula is C10H12O. The van der Waals surface area contributed by atoms with Gasteiger partial charge in [0.05, 0.1) is 0 Å². The first-order chi connectivity index (χ1) is 5.26. The Bertz CT molecular complexity index is 219. The van der Waals surface area contributed by atoms with Crippen LogP contribution in [-0.4, -0.2) is 6.29 Å². The average molecular weight is 148 g/mol. The smallest absolute Gasteiger partial charge is 0.150 e. The van der Waals surface area contributed by atoms with Crippen molar-refractivity contribution in [3.63, 3.8) is 0 Å². The summed E-state index contributed by atoms with van der Waals surface area (Å²) in [5.41, 5.74) is 1.22. The van der Waals surface area contributed by atoms with E-state index in [4.69, 9.17) is 0 Å². The first kappa shape index (κ1) is 9.63. The fourth-order valence-electron chi connectivity index (χ4n) is 0.574. The zero-order valence-electron chi connectivity index (χ0n) is 6.71. The first-order valence-electron chi connectivity index (χ1n) is 3.36. The summed E-state index contributed by atoms with van der Waals surface area (Å²) in [5.74, 6) is 0. The monoisotopic (exact) mass is 148 g/mol. The van der Waals surface area contributed by atoms with Crippen LogP contribution in [0.5, 0.6) is 0 Å². The Labute approximate surface area is 67.4 Å². The van der Waals surface area contributed by atoms with Crippen molar-refractivity contribution in [2.24, 2.45) is 0 Å². The van der Waals surface area contributed by atoms with Gasteiger partial charge in [-0.15, -0.1) is 0 Å². The summed E-state index contributed by atoms with van der Waals surface area (Å²) in [6, 6.07) is 0. The Morgan fingerprint density at radius 1 is 1.45 bits per heavy atom. The molecule has 0 N–H and O–H groups in total. The molecule has 58 valence electrons. The molecule has 0 aliphatic carbocycles. The predicted octanol–water partition coefficient (Wildman–Crippen LogP) is 2.43. The third-order valence-electron chi connectivity index (χ3n) is 1.20. The van der Waals surface area contributed by atoms with Crippen LogP contribution >= 0.6 is 0 Å². The molecule has 0 saturated heterocycles. The summed E-state index contributed by atoms with van der Waals surface area (Å²) in [6.07, 6.45) is 7.84. The maximum absolute atomic E-state index is 10.3. The van der Waals surface area contributed by atoms with Gasteiger partial charge in [-0.25, -0.2) is 0 Å². The van der Waals surface area contributed by atoms with Gasteiger partial charge in [-0.2, -0.15) is 0 Å². The fraction of sp³-hybridized carbons (Fsp3) is 0.100. The van der Waals surface area contributed by atoms with E-state index in [2.05, 4.69) is 13.2 Å². The molecule has 0 heterocycles. The van der Waals surface area contributed by atoms with Gasteiger partial charge in [-0.1, -0.05) is 37.5 Å². The lowest BCUT2D eigenvalue weighted by Gasteiger charge is -1.94. The van der Waals surface area contributed by atoms with Crippen molar-refractivity contribution in [3.8, 4) is 0 Å². The van der Waals surface area contributed by atoms with Crippen molar-refractivity contribution in [1.82, 2.24) is 0 Å². The van der Waals surface area contributed by atoms with E-state index in [9.17, 15) is 4.79 Å². The first-order valence-corrected chi connectivity index (χ1v) is 3.36. The van der Waals surface area contributed by atoms with Gasteiger partial charge in [0.2, 0.25) is 0 Å². The quantitative estimate of drug-likeness (QED) is 0.340. The molecule has 0 fully saturated rings. The van der Waals surface area contributed by atoms with Crippen molar-refractivity contribution in [1.29, 1.82) is 0 Å². The van der Waals surface area contributed by atoms with Crippen LogP contribution in [0.2, 0.25) is 0 Å². The minimum Gasteiger partial charge on any atom is -0.298 e. The molecule has 0 aliphatic heterocycles. The van der Waals surface area contributed by atoms with E-state index in [-0.39, 0.29) is 0 Å². The SMILES string of the molecule is C=C/C(=C\C=C/C)C(=C)C=O. The van der Waals surface area contributed by atoms with E-state index >= 15 is 0 Å². The summed E-state index contributed by atoms with van der Waals surface area (Å²) in [6.45, 7) is 9.02. The summed E-state index contributed by atoms with van der Waals surface area (Å²) in [5, 5.41) is 0. The topological polar surface area (TPSA) is 17.1 Å². The standard InChI is InChI=1S/C10H12O/c1-4-6-7-10(5-2)9(3)8-11/h4-8H,2-3H2,1H3/b6-4-,10-7+. The molecule has 0 atom stereocenters. The second-order valence-corrected chi connectivity index (χ2v) is 2.00. The number of aldehydes is 1. The summed E-state index contributed by atoms with van der Waals surface area (Å²) < 4.78 is 0. The molecule has 0 bridgehead atoms. The molecule has 0 aliphatic rings. The maximum Gasteiger partial charge on any atom is 0.150 e. The predicted molar refractivity (Wildman–Crippen MR) is 48.3 cm³/mol. The zero-order valence-corrected chi connectivity index (χ0v) is 6.71. The van der Waals surface area contributed by atoms with E-state index in [1.54, 1.807) is 12.2 Å². The molecule has 0 amide bonds. The third kappa shape index (κ3) is 3.36. The molecule has 0 aromatic carbocycles. The van der Waals surface area contributed by atoms with Gasteiger partial charge < -0.3 is 0 Å². The van der Waals surface area contributed by atoms with Gasteiger partial charge in [-0.05, 0) is 12.5 Å². The Hall–Kier alpha value is -1.37. The van der Waals surface area contributed by atoms with Gasteiger partial charge in [-0.3, -0.25) is 4.79 Å². The number of rotatable bonds is 4. The molecule has 0 radical (unpaired) electrons. The molecular weight excluding hydrogens is 136 g/mol. The van der Waals surface area contributed by atoms with E-state index in [0.717, 1.165) is 11.9 Å². The van der Waals surface area contributed by atoms with Crippen molar-refractivity contribution < 1.29 is 4.79 Å². The lowest BCUT2D eigenvalue weighted by atomic mass is 10.1. The van der Waals surface area contributed by atoms with Gasteiger partial charge in [0.1, 0.15) is 6.29 Å². The van der Waals surface area contributed by atoms with Gasteiger partial charge in [0.25, 0.3) is 0 Å². The highest BCUT2D eigenvalue weighted by molar-refractivity contribution is 5.80. The zero-order chi connectivity index (χ0) is 8.69. The lowest BCUT2D eigenvalue weighted by molar-refractivity contribution is -0.104. The molecule has 0 aromatic heterocycles. The second-order valence-electron chi connectivity index (χ2n) is 2.00. The highest BCUT2D eigenvalue weighted by atomic mass is 16.1. The molecule has 1 nitrogen and oxygen atoms in total. The number of hydrogen-bond donors (Lipinski definition) is 0. The minimum atomic E-state index is 0.457. The normalized spacial score (nSPS) is 11.5. The van der Waals surface area contributed by atoms with E-state index in [1.807, 2.05) is 19.1 Å². The molecule has 11 heavy (non-hydrogen) atoms. The van der Waals surface area contributed by atoms with Gasteiger partial charge in [0, 0.05) is 5.57 Å².